The first-order valence-corrected chi connectivity index (χ1v) is 8.69. The number of anilines is 1. The number of rotatable bonds is 6. The summed E-state index contributed by atoms with van der Waals surface area (Å²) in [5, 5.41) is 8.13. The zero-order chi connectivity index (χ0) is 18.5. The lowest BCUT2D eigenvalue weighted by Gasteiger charge is -2.12. The number of hydrogen-bond donors (Lipinski definition) is 1. The third-order valence-electron chi connectivity index (χ3n) is 3.62. The molecule has 0 bridgehead atoms. The van der Waals surface area contributed by atoms with Crippen molar-refractivity contribution >= 4 is 34.9 Å². The van der Waals surface area contributed by atoms with E-state index in [1.165, 1.54) is 0 Å². The molecule has 0 atom stereocenters. The number of hydrogen-bond acceptors (Lipinski definition) is 4. The third kappa shape index (κ3) is 3.98. The van der Waals surface area contributed by atoms with E-state index in [2.05, 4.69) is 15.4 Å². The average Bonchev–Trinajstić information content (AvgIpc) is 3.06. The Balaban J connectivity index is 1.82. The van der Waals surface area contributed by atoms with Crippen LogP contribution in [-0.4, -0.2) is 27.3 Å². The Morgan fingerprint density at radius 1 is 1.15 bits per heavy atom. The van der Waals surface area contributed by atoms with Crippen molar-refractivity contribution in [2.75, 3.05) is 11.9 Å². The molecule has 0 aliphatic rings. The molecular formula is C18H16Cl2N4O2. The molecule has 26 heavy (non-hydrogen) atoms. The first-order valence-electron chi connectivity index (χ1n) is 7.94. The van der Waals surface area contributed by atoms with Crippen molar-refractivity contribution in [1.29, 1.82) is 0 Å². The summed E-state index contributed by atoms with van der Waals surface area (Å²) >= 11 is 12.4. The average molecular weight is 391 g/mol. The lowest BCUT2D eigenvalue weighted by Crippen LogP contribution is -2.17. The quantitative estimate of drug-likeness (QED) is 0.681. The molecule has 0 unspecified atom stereocenters. The number of carbonyl (C=O) groups excluding carboxylic acids is 1. The van der Waals surface area contributed by atoms with Gasteiger partial charge in [-0.15, -0.1) is 0 Å². The Hall–Kier alpha value is -2.57. The molecule has 0 fully saturated rings. The summed E-state index contributed by atoms with van der Waals surface area (Å²) in [6, 6.07) is 10.3. The number of aromatic nitrogens is 3. The summed E-state index contributed by atoms with van der Waals surface area (Å²) in [5.41, 5.74) is 1.07. The molecule has 134 valence electrons. The highest BCUT2D eigenvalue weighted by molar-refractivity contribution is 6.36. The molecule has 1 amide bonds. The number of nitrogens with zero attached hydrogens (tertiary/aromatic N) is 3. The van der Waals surface area contributed by atoms with E-state index in [9.17, 15) is 4.79 Å². The highest BCUT2D eigenvalue weighted by atomic mass is 35.5. The van der Waals surface area contributed by atoms with Crippen LogP contribution in [0.15, 0.2) is 48.8 Å². The smallest absolute Gasteiger partial charge is 0.262 e. The van der Waals surface area contributed by atoms with Gasteiger partial charge in [-0.1, -0.05) is 29.3 Å². The van der Waals surface area contributed by atoms with Crippen molar-refractivity contribution in [3.8, 4) is 5.88 Å². The number of benzene rings is 1. The molecule has 0 radical (unpaired) electrons. The van der Waals surface area contributed by atoms with Gasteiger partial charge in [0.1, 0.15) is 11.4 Å². The maximum Gasteiger partial charge on any atom is 0.262 e. The maximum atomic E-state index is 12.6. The van der Waals surface area contributed by atoms with Crippen molar-refractivity contribution in [2.45, 2.75) is 13.5 Å². The van der Waals surface area contributed by atoms with Gasteiger partial charge >= 0.3 is 0 Å². The summed E-state index contributed by atoms with van der Waals surface area (Å²) < 4.78 is 7.02. The lowest BCUT2D eigenvalue weighted by atomic mass is 10.2. The molecule has 0 saturated heterocycles. The Morgan fingerprint density at radius 2 is 1.92 bits per heavy atom. The first-order chi connectivity index (χ1) is 12.6. The molecule has 1 aromatic carbocycles. The number of carbonyl (C=O) groups is 1. The van der Waals surface area contributed by atoms with Crippen LogP contribution in [0, 0.1) is 0 Å². The Morgan fingerprint density at radius 3 is 2.65 bits per heavy atom. The lowest BCUT2D eigenvalue weighted by molar-refractivity contribution is 0.102. The van der Waals surface area contributed by atoms with Crippen LogP contribution in [0.5, 0.6) is 5.88 Å². The number of halogens is 2. The second-order valence-electron chi connectivity index (χ2n) is 5.32. The molecule has 0 aliphatic carbocycles. The van der Waals surface area contributed by atoms with Gasteiger partial charge in [-0.25, -0.2) is 9.67 Å². The number of ether oxygens (including phenoxy) is 1. The summed E-state index contributed by atoms with van der Waals surface area (Å²) in [5.74, 6) is 0.457. The van der Waals surface area contributed by atoms with Gasteiger partial charge in [-0.2, -0.15) is 5.10 Å². The fourth-order valence-corrected chi connectivity index (χ4v) is 2.91. The molecule has 0 spiro atoms. The number of nitrogens with one attached hydrogen (secondary N) is 1. The van der Waals surface area contributed by atoms with Crippen LogP contribution in [0.2, 0.25) is 10.0 Å². The van der Waals surface area contributed by atoms with Crippen LogP contribution < -0.4 is 10.1 Å². The molecule has 0 aliphatic heterocycles. The molecule has 6 nitrogen and oxygen atoms in total. The molecule has 0 saturated carbocycles. The van der Waals surface area contributed by atoms with Gasteiger partial charge in [-0.05, 0) is 31.2 Å². The summed E-state index contributed by atoms with van der Waals surface area (Å²) in [7, 11) is 0. The Labute approximate surface area is 160 Å². The van der Waals surface area contributed by atoms with E-state index in [1.807, 2.05) is 6.92 Å². The number of pyridine rings is 1. The minimum absolute atomic E-state index is 0.285. The second-order valence-corrected chi connectivity index (χ2v) is 6.13. The standard InChI is InChI=1S/C18H16Cl2N4O2/c1-2-26-18-12(5-4-9-21-18)17(25)23-16-8-10-22-24(16)11-13-14(19)6-3-7-15(13)20/h3-10H,2,11H2,1H3,(H,23,25). The fourth-order valence-electron chi connectivity index (χ4n) is 2.40. The minimum atomic E-state index is -0.339. The molecule has 2 heterocycles. The Bertz CT molecular complexity index is 907. The maximum absolute atomic E-state index is 12.6. The van der Waals surface area contributed by atoms with Crippen LogP contribution in [-0.2, 0) is 6.54 Å². The zero-order valence-corrected chi connectivity index (χ0v) is 15.5. The van der Waals surface area contributed by atoms with Crippen LogP contribution >= 0.6 is 23.2 Å². The van der Waals surface area contributed by atoms with Crippen molar-refractivity contribution in [2.24, 2.45) is 0 Å². The van der Waals surface area contributed by atoms with E-state index in [1.54, 1.807) is 53.5 Å². The van der Waals surface area contributed by atoms with Crippen LogP contribution in [0.4, 0.5) is 5.82 Å². The Kier molecular flexibility index (Phi) is 5.75. The van der Waals surface area contributed by atoms with Crippen molar-refractivity contribution in [3.63, 3.8) is 0 Å². The summed E-state index contributed by atoms with van der Waals surface area (Å²) in [6.45, 7) is 2.57. The topological polar surface area (TPSA) is 69.0 Å². The van der Waals surface area contributed by atoms with Gasteiger partial charge in [0.15, 0.2) is 0 Å². The molecule has 8 heteroatoms. The van der Waals surface area contributed by atoms with Crippen LogP contribution in [0.25, 0.3) is 0 Å². The SMILES string of the molecule is CCOc1ncccc1C(=O)Nc1ccnn1Cc1c(Cl)cccc1Cl. The van der Waals surface area contributed by atoms with E-state index in [-0.39, 0.29) is 11.8 Å². The third-order valence-corrected chi connectivity index (χ3v) is 4.33. The molecule has 3 rings (SSSR count). The zero-order valence-electron chi connectivity index (χ0n) is 13.9. The monoisotopic (exact) mass is 390 g/mol. The van der Waals surface area contributed by atoms with Gasteiger partial charge < -0.3 is 10.1 Å². The fraction of sp³-hybridized carbons (Fsp3) is 0.167. The first kappa shape index (κ1) is 18.2. The molecule has 3 aromatic rings. The van der Waals surface area contributed by atoms with Crippen molar-refractivity contribution in [1.82, 2.24) is 14.8 Å². The van der Waals surface area contributed by atoms with Crippen LogP contribution in [0.1, 0.15) is 22.8 Å². The highest BCUT2D eigenvalue weighted by Crippen LogP contribution is 2.26. The van der Waals surface area contributed by atoms with E-state index in [0.29, 0.717) is 34.6 Å². The predicted molar refractivity (Wildman–Crippen MR) is 101 cm³/mol. The molecule has 1 N–H and O–H groups in total. The molecular weight excluding hydrogens is 375 g/mol. The highest BCUT2D eigenvalue weighted by Gasteiger charge is 2.16. The van der Waals surface area contributed by atoms with Gasteiger partial charge in [0.05, 0.1) is 19.3 Å². The second kappa shape index (κ2) is 8.21. The van der Waals surface area contributed by atoms with E-state index < -0.39 is 0 Å². The largest absolute Gasteiger partial charge is 0.477 e. The summed E-state index contributed by atoms with van der Waals surface area (Å²) in [4.78, 5) is 16.7. The van der Waals surface area contributed by atoms with E-state index in [0.717, 1.165) is 5.56 Å². The van der Waals surface area contributed by atoms with Gasteiger partial charge in [-0.3, -0.25) is 4.79 Å². The number of amides is 1. The molecule has 2 aromatic heterocycles. The van der Waals surface area contributed by atoms with E-state index in [4.69, 9.17) is 27.9 Å². The van der Waals surface area contributed by atoms with Crippen molar-refractivity contribution < 1.29 is 9.53 Å². The summed E-state index contributed by atoms with van der Waals surface area (Å²) in [6.07, 6.45) is 3.17. The van der Waals surface area contributed by atoms with Gasteiger partial charge in [0, 0.05) is 27.9 Å². The minimum Gasteiger partial charge on any atom is -0.477 e. The predicted octanol–water partition coefficient (Wildman–Crippen LogP) is 4.28. The van der Waals surface area contributed by atoms with Gasteiger partial charge in [0.2, 0.25) is 5.88 Å². The van der Waals surface area contributed by atoms with Gasteiger partial charge in [0.25, 0.3) is 5.91 Å². The van der Waals surface area contributed by atoms with Crippen LogP contribution in [0.3, 0.4) is 0 Å². The van der Waals surface area contributed by atoms with Crippen molar-refractivity contribution in [3.05, 3.63) is 70.0 Å². The van der Waals surface area contributed by atoms with E-state index >= 15 is 0 Å². The normalized spacial score (nSPS) is 10.6.